The molecule has 2 N–H and O–H groups in total. The van der Waals surface area contributed by atoms with Crippen molar-refractivity contribution in [2.75, 3.05) is 11.9 Å². The molecule has 3 aromatic rings. The van der Waals surface area contributed by atoms with E-state index in [4.69, 9.17) is 20.8 Å². The molecular weight excluding hydrogens is 466 g/mol. The summed E-state index contributed by atoms with van der Waals surface area (Å²) in [5.41, 5.74) is 0.219. The number of rotatable bonds is 10. The summed E-state index contributed by atoms with van der Waals surface area (Å²) in [5.74, 6) is -0.110. The maximum absolute atomic E-state index is 12.7. The number of nitro groups is 1. The second-order valence-electron chi connectivity index (χ2n) is 7.73. The number of benzene rings is 1. The van der Waals surface area contributed by atoms with E-state index in [9.17, 15) is 19.7 Å². The monoisotopic (exact) mass is 489 g/mol. The summed E-state index contributed by atoms with van der Waals surface area (Å²) < 4.78 is 12.6. The normalized spacial score (nSPS) is 10.9. The van der Waals surface area contributed by atoms with Gasteiger partial charge in [-0.3, -0.25) is 24.4 Å². The summed E-state index contributed by atoms with van der Waals surface area (Å²) in [5, 5.41) is 20.6. The lowest BCUT2D eigenvalue weighted by Crippen LogP contribution is -2.28. The Bertz CT molecular complexity index is 1200. The number of nitrogens with one attached hydrogen (secondary N) is 2. The van der Waals surface area contributed by atoms with Gasteiger partial charge in [0.1, 0.15) is 18.1 Å². The molecule has 34 heavy (non-hydrogen) atoms. The van der Waals surface area contributed by atoms with Crippen LogP contribution in [0.15, 0.2) is 40.9 Å². The molecule has 1 aromatic carbocycles. The van der Waals surface area contributed by atoms with Gasteiger partial charge < -0.3 is 19.8 Å². The molecule has 2 aromatic heterocycles. The van der Waals surface area contributed by atoms with E-state index in [1.54, 1.807) is 16.9 Å². The van der Waals surface area contributed by atoms with Crippen molar-refractivity contribution in [1.29, 1.82) is 0 Å². The lowest BCUT2D eigenvalue weighted by molar-refractivity contribution is -0.384. The number of carbonyl (C=O) groups excluding carboxylic acids is 2. The zero-order valence-corrected chi connectivity index (χ0v) is 19.6. The molecule has 11 nitrogen and oxygen atoms in total. The van der Waals surface area contributed by atoms with Crippen LogP contribution in [-0.4, -0.2) is 33.1 Å². The molecule has 0 bridgehead atoms. The standard InChI is InChI=1S/C22H24ClN5O6/c1-4-27-11-17(20(26-27)22(30)24-10-13(2)3)25-21(29)19-8-6-15(34-19)12-33-18-7-5-14(28(31)32)9-16(18)23/h5-9,11,13H,4,10,12H2,1-3H3,(H,24,30)(H,25,29). The number of aryl methyl sites for hydroxylation is 1. The van der Waals surface area contributed by atoms with E-state index in [1.165, 1.54) is 24.3 Å². The van der Waals surface area contributed by atoms with E-state index < -0.39 is 10.8 Å². The second-order valence-corrected chi connectivity index (χ2v) is 8.14. The number of carbonyl (C=O) groups is 2. The number of nitrogens with zero attached hydrogens (tertiary/aromatic N) is 3. The van der Waals surface area contributed by atoms with E-state index in [1.807, 2.05) is 20.8 Å². The van der Waals surface area contributed by atoms with Crippen molar-refractivity contribution in [2.45, 2.75) is 33.9 Å². The van der Waals surface area contributed by atoms with Gasteiger partial charge in [0.05, 0.1) is 15.6 Å². The molecule has 12 heteroatoms. The van der Waals surface area contributed by atoms with E-state index in [0.29, 0.717) is 18.8 Å². The highest BCUT2D eigenvalue weighted by atomic mass is 35.5. The van der Waals surface area contributed by atoms with Crippen molar-refractivity contribution in [3.8, 4) is 5.75 Å². The third-order valence-electron chi connectivity index (χ3n) is 4.60. The van der Waals surface area contributed by atoms with E-state index >= 15 is 0 Å². The van der Waals surface area contributed by atoms with Gasteiger partial charge in [-0.25, -0.2) is 0 Å². The minimum atomic E-state index is -0.562. The van der Waals surface area contributed by atoms with Gasteiger partial charge in [-0.2, -0.15) is 5.10 Å². The number of anilines is 1. The Morgan fingerprint density at radius 1 is 1.26 bits per heavy atom. The molecule has 2 heterocycles. The minimum Gasteiger partial charge on any atom is -0.484 e. The van der Waals surface area contributed by atoms with Crippen molar-refractivity contribution < 1.29 is 23.7 Å². The summed E-state index contributed by atoms with van der Waals surface area (Å²) in [6.07, 6.45) is 1.58. The molecule has 0 radical (unpaired) electrons. The molecule has 0 aliphatic heterocycles. The van der Waals surface area contributed by atoms with Gasteiger partial charge in [0, 0.05) is 31.4 Å². The van der Waals surface area contributed by atoms with Crippen molar-refractivity contribution >= 4 is 34.8 Å². The highest BCUT2D eigenvalue weighted by molar-refractivity contribution is 6.32. The van der Waals surface area contributed by atoms with Crippen LogP contribution in [-0.2, 0) is 13.2 Å². The van der Waals surface area contributed by atoms with Crippen LogP contribution in [0.1, 0.15) is 47.6 Å². The molecular formula is C22H24ClN5O6. The smallest absolute Gasteiger partial charge is 0.291 e. The SMILES string of the molecule is CCn1cc(NC(=O)c2ccc(COc3ccc([N+](=O)[O-])cc3Cl)o2)c(C(=O)NCC(C)C)n1. The quantitative estimate of drug-likeness (QED) is 0.320. The Hall–Kier alpha value is -3.86. The Morgan fingerprint density at radius 2 is 2.03 bits per heavy atom. The zero-order chi connectivity index (χ0) is 24.8. The first-order valence-corrected chi connectivity index (χ1v) is 10.9. The number of amides is 2. The number of ether oxygens (including phenoxy) is 1. The maximum atomic E-state index is 12.7. The molecule has 0 unspecified atom stereocenters. The van der Waals surface area contributed by atoms with E-state index in [2.05, 4.69) is 15.7 Å². The summed E-state index contributed by atoms with van der Waals surface area (Å²) >= 11 is 6.01. The summed E-state index contributed by atoms with van der Waals surface area (Å²) in [7, 11) is 0. The average molecular weight is 490 g/mol. The topological polar surface area (TPSA) is 142 Å². The van der Waals surface area contributed by atoms with Crippen LogP contribution in [0, 0.1) is 16.0 Å². The van der Waals surface area contributed by atoms with Crippen LogP contribution in [0.25, 0.3) is 0 Å². The van der Waals surface area contributed by atoms with Gasteiger partial charge >= 0.3 is 0 Å². The Balaban J connectivity index is 1.66. The second kappa shape index (κ2) is 10.8. The minimum absolute atomic E-state index is 0.00573. The van der Waals surface area contributed by atoms with Crippen molar-refractivity contribution in [1.82, 2.24) is 15.1 Å². The van der Waals surface area contributed by atoms with Crippen molar-refractivity contribution in [2.24, 2.45) is 5.92 Å². The van der Waals surface area contributed by atoms with Crippen LogP contribution in [0.3, 0.4) is 0 Å². The summed E-state index contributed by atoms with van der Waals surface area (Å²) in [4.78, 5) is 35.4. The van der Waals surface area contributed by atoms with Gasteiger partial charge in [0.15, 0.2) is 11.5 Å². The molecule has 0 saturated heterocycles. The molecule has 0 aliphatic rings. The first-order chi connectivity index (χ1) is 16.2. The number of non-ortho nitro benzene ring substituents is 1. The Labute approximate surface area is 200 Å². The molecule has 180 valence electrons. The zero-order valence-electron chi connectivity index (χ0n) is 18.8. The molecule has 0 atom stereocenters. The fourth-order valence-corrected chi connectivity index (χ4v) is 3.08. The number of furan rings is 1. The number of aromatic nitrogens is 2. The molecule has 3 rings (SSSR count). The number of halogens is 1. The fourth-order valence-electron chi connectivity index (χ4n) is 2.85. The third-order valence-corrected chi connectivity index (χ3v) is 4.90. The van der Waals surface area contributed by atoms with Crippen LogP contribution in [0.5, 0.6) is 5.75 Å². The fraction of sp³-hybridized carbons (Fsp3) is 0.318. The average Bonchev–Trinajstić information content (AvgIpc) is 3.43. The molecule has 0 spiro atoms. The Kier molecular flexibility index (Phi) is 7.90. The van der Waals surface area contributed by atoms with Crippen LogP contribution < -0.4 is 15.4 Å². The van der Waals surface area contributed by atoms with E-state index in [-0.39, 0.29) is 52.0 Å². The Morgan fingerprint density at radius 3 is 2.68 bits per heavy atom. The van der Waals surface area contributed by atoms with Crippen LogP contribution >= 0.6 is 11.6 Å². The van der Waals surface area contributed by atoms with Gasteiger partial charge in [0.25, 0.3) is 17.5 Å². The van der Waals surface area contributed by atoms with Gasteiger partial charge in [-0.1, -0.05) is 25.4 Å². The predicted molar refractivity (Wildman–Crippen MR) is 124 cm³/mol. The number of hydrogen-bond acceptors (Lipinski definition) is 7. The van der Waals surface area contributed by atoms with Gasteiger partial charge in [-0.05, 0) is 31.0 Å². The lowest BCUT2D eigenvalue weighted by atomic mass is 10.2. The first kappa shape index (κ1) is 24.8. The number of hydrogen-bond donors (Lipinski definition) is 2. The third kappa shape index (κ3) is 6.13. The van der Waals surface area contributed by atoms with Crippen LogP contribution in [0.4, 0.5) is 11.4 Å². The number of nitro benzene ring substituents is 1. The van der Waals surface area contributed by atoms with Crippen molar-refractivity contribution in [3.05, 3.63) is 68.9 Å². The van der Waals surface area contributed by atoms with Crippen molar-refractivity contribution in [3.63, 3.8) is 0 Å². The molecule has 0 fully saturated rings. The summed E-state index contributed by atoms with van der Waals surface area (Å²) in [6.45, 7) is 6.76. The van der Waals surface area contributed by atoms with Crippen LogP contribution in [0.2, 0.25) is 5.02 Å². The first-order valence-electron chi connectivity index (χ1n) is 10.5. The maximum Gasteiger partial charge on any atom is 0.291 e. The van der Waals surface area contributed by atoms with Gasteiger partial charge in [-0.15, -0.1) is 0 Å². The van der Waals surface area contributed by atoms with E-state index in [0.717, 1.165) is 0 Å². The predicted octanol–water partition coefficient (Wildman–Crippen LogP) is 4.27. The molecule has 2 amide bonds. The lowest BCUT2D eigenvalue weighted by Gasteiger charge is -2.08. The summed E-state index contributed by atoms with van der Waals surface area (Å²) in [6, 6.07) is 6.86. The molecule has 0 aliphatic carbocycles. The van der Waals surface area contributed by atoms with Gasteiger partial charge in [0.2, 0.25) is 0 Å². The highest BCUT2D eigenvalue weighted by Crippen LogP contribution is 2.29. The molecule has 0 saturated carbocycles. The largest absolute Gasteiger partial charge is 0.484 e. The highest BCUT2D eigenvalue weighted by Gasteiger charge is 2.21.